The van der Waals surface area contributed by atoms with Gasteiger partial charge in [0.05, 0.1) is 0 Å². The van der Waals surface area contributed by atoms with Crippen molar-refractivity contribution in [3.05, 3.63) is 95.1 Å². The monoisotopic (exact) mass is 429 g/mol. The summed E-state index contributed by atoms with van der Waals surface area (Å²) in [6.07, 6.45) is 0.853. The maximum Gasteiger partial charge on any atom is 0.123 e. The zero-order valence-corrected chi connectivity index (χ0v) is 19.9. The van der Waals surface area contributed by atoms with E-state index in [1.165, 1.54) is 16.7 Å². The Kier molecular flexibility index (Phi) is 8.13. The molecule has 0 radical (unpaired) electrons. The fourth-order valence-corrected chi connectivity index (χ4v) is 3.84. The summed E-state index contributed by atoms with van der Waals surface area (Å²) in [5, 5.41) is 10.7. The van der Waals surface area contributed by atoms with Crippen molar-refractivity contribution >= 4 is 11.1 Å². The van der Waals surface area contributed by atoms with Crippen LogP contribution in [0, 0.1) is 0 Å². The van der Waals surface area contributed by atoms with Crippen LogP contribution in [-0.2, 0) is 0 Å². The Balaban J connectivity index is 2.06. The van der Waals surface area contributed by atoms with Gasteiger partial charge in [0.25, 0.3) is 0 Å². The minimum atomic E-state index is 0.290. The van der Waals surface area contributed by atoms with Gasteiger partial charge in [-0.2, -0.15) is 0 Å². The first-order valence-electron chi connectivity index (χ1n) is 11.4. The number of likely N-dealkylation sites (N-methyl/N-ethyl adjacent to an activating group) is 1. The first-order valence-corrected chi connectivity index (χ1v) is 11.4. The number of phenolic OH excluding ortho intramolecular Hbond substituents is 1. The molecule has 0 saturated carbocycles. The zero-order chi connectivity index (χ0) is 23.1. The van der Waals surface area contributed by atoms with Gasteiger partial charge in [0.1, 0.15) is 18.1 Å². The summed E-state index contributed by atoms with van der Waals surface area (Å²) < 4.78 is 5.88. The number of ether oxygens (including phenoxy) is 1. The van der Waals surface area contributed by atoms with E-state index in [4.69, 9.17) is 4.74 Å². The Bertz CT molecular complexity index is 1030. The third kappa shape index (κ3) is 5.80. The maximum absolute atomic E-state index is 10.7. The van der Waals surface area contributed by atoms with Gasteiger partial charge in [-0.3, -0.25) is 0 Å². The SMILES string of the molecule is CC/C(=C(/c1ccc(OCCN(C)C)cc1)c1ccccc1O)c1ccc(C(C)C)cc1. The molecule has 168 valence electrons. The predicted molar refractivity (Wildman–Crippen MR) is 135 cm³/mol. The van der Waals surface area contributed by atoms with Gasteiger partial charge in [0.15, 0.2) is 0 Å². The van der Waals surface area contributed by atoms with E-state index in [-0.39, 0.29) is 0 Å². The fourth-order valence-electron chi connectivity index (χ4n) is 3.84. The van der Waals surface area contributed by atoms with Crippen molar-refractivity contribution in [3.63, 3.8) is 0 Å². The molecule has 32 heavy (non-hydrogen) atoms. The van der Waals surface area contributed by atoms with Gasteiger partial charge < -0.3 is 14.7 Å². The van der Waals surface area contributed by atoms with Gasteiger partial charge in [-0.15, -0.1) is 0 Å². The molecule has 0 aromatic heterocycles. The Labute approximate surface area is 193 Å². The quantitative estimate of drug-likeness (QED) is 0.379. The van der Waals surface area contributed by atoms with Gasteiger partial charge in [-0.25, -0.2) is 0 Å². The number of hydrogen-bond donors (Lipinski definition) is 1. The number of hydrogen-bond acceptors (Lipinski definition) is 3. The Morgan fingerprint density at radius 2 is 1.50 bits per heavy atom. The van der Waals surface area contributed by atoms with Crippen molar-refractivity contribution in [2.75, 3.05) is 27.2 Å². The Morgan fingerprint density at radius 3 is 2.06 bits per heavy atom. The van der Waals surface area contributed by atoms with Crippen LogP contribution >= 0.6 is 0 Å². The number of allylic oxidation sites excluding steroid dienone is 1. The summed E-state index contributed by atoms with van der Waals surface area (Å²) in [6, 6.07) is 24.6. The minimum Gasteiger partial charge on any atom is -0.507 e. The molecule has 0 heterocycles. The topological polar surface area (TPSA) is 32.7 Å². The molecule has 0 fully saturated rings. The molecule has 3 aromatic rings. The number of aromatic hydroxyl groups is 1. The predicted octanol–water partition coefficient (Wildman–Crippen LogP) is 6.83. The van der Waals surface area contributed by atoms with Crippen molar-refractivity contribution in [1.29, 1.82) is 0 Å². The van der Waals surface area contributed by atoms with Crippen molar-refractivity contribution in [2.24, 2.45) is 0 Å². The summed E-state index contributed by atoms with van der Waals surface area (Å²) in [5.74, 6) is 1.64. The number of para-hydroxylation sites is 1. The smallest absolute Gasteiger partial charge is 0.123 e. The van der Waals surface area contributed by atoms with Crippen LogP contribution in [0.4, 0.5) is 0 Å². The lowest BCUT2D eigenvalue weighted by Gasteiger charge is -2.18. The third-order valence-electron chi connectivity index (χ3n) is 5.70. The summed E-state index contributed by atoms with van der Waals surface area (Å²) in [7, 11) is 4.08. The molecular formula is C29H35NO2. The molecule has 0 atom stereocenters. The van der Waals surface area contributed by atoms with E-state index in [1.54, 1.807) is 6.07 Å². The highest BCUT2D eigenvalue weighted by Gasteiger charge is 2.16. The number of benzene rings is 3. The van der Waals surface area contributed by atoms with Crippen LogP contribution < -0.4 is 4.74 Å². The van der Waals surface area contributed by atoms with Crippen molar-refractivity contribution in [3.8, 4) is 11.5 Å². The molecule has 0 spiro atoms. The van der Waals surface area contributed by atoms with Crippen LogP contribution in [-0.4, -0.2) is 37.3 Å². The average molecular weight is 430 g/mol. The van der Waals surface area contributed by atoms with Gasteiger partial charge in [-0.1, -0.05) is 75.4 Å². The molecule has 0 saturated heterocycles. The van der Waals surface area contributed by atoms with Crippen LogP contribution in [0.3, 0.4) is 0 Å². The van der Waals surface area contributed by atoms with E-state index >= 15 is 0 Å². The van der Waals surface area contributed by atoms with Gasteiger partial charge in [0.2, 0.25) is 0 Å². The second-order valence-corrected chi connectivity index (χ2v) is 8.68. The van der Waals surface area contributed by atoms with Crippen molar-refractivity contribution in [2.45, 2.75) is 33.1 Å². The van der Waals surface area contributed by atoms with Crippen LogP contribution in [0.5, 0.6) is 11.5 Å². The maximum atomic E-state index is 10.7. The van der Waals surface area contributed by atoms with E-state index in [0.717, 1.165) is 35.4 Å². The Hall–Kier alpha value is -3.04. The fraction of sp³-hybridized carbons (Fsp3) is 0.310. The molecule has 3 heteroatoms. The second kappa shape index (κ2) is 11.0. The molecule has 0 aliphatic rings. The van der Waals surface area contributed by atoms with Crippen LogP contribution in [0.25, 0.3) is 11.1 Å². The molecular weight excluding hydrogens is 394 g/mol. The summed E-state index contributed by atoms with van der Waals surface area (Å²) in [5.41, 5.74) is 6.69. The average Bonchev–Trinajstić information content (AvgIpc) is 2.79. The zero-order valence-electron chi connectivity index (χ0n) is 19.9. The highest BCUT2D eigenvalue weighted by atomic mass is 16.5. The molecule has 3 rings (SSSR count). The normalized spacial score (nSPS) is 12.2. The largest absolute Gasteiger partial charge is 0.507 e. The minimum absolute atomic E-state index is 0.290. The van der Waals surface area contributed by atoms with E-state index in [2.05, 4.69) is 62.1 Å². The van der Waals surface area contributed by atoms with Crippen LogP contribution in [0.1, 0.15) is 55.4 Å². The first kappa shape index (κ1) is 23.6. The molecule has 0 aliphatic heterocycles. The number of rotatable bonds is 9. The molecule has 1 N–H and O–H groups in total. The lowest BCUT2D eigenvalue weighted by atomic mass is 9.87. The van der Waals surface area contributed by atoms with Crippen LogP contribution in [0.2, 0.25) is 0 Å². The van der Waals surface area contributed by atoms with E-state index in [9.17, 15) is 5.11 Å². The lowest BCUT2D eigenvalue weighted by molar-refractivity contribution is 0.261. The van der Waals surface area contributed by atoms with Gasteiger partial charge >= 0.3 is 0 Å². The van der Waals surface area contributed by atoms with Crippen molar-refractivity contribution < 1.29 is 9.84 Å². The third-order valence-corrected chi connectivity index (χ3v) is 5.70. The lowest BCUT2D eigenvalue weighted by Crippen LogP contribution is -2.19. The van der Waals surface area contributed by atoms with E-state index in [0.29, 0.717) is 18.3 Å². The molecule has 3 nitrogen and oxygen atoms in total. The molecule has 0 unspecified atom stereocenters. The summed E-state index contributed by atoms with van der Waals surface area (Å²) >= 11 is 0. The number of phenols is 1. The molecule has 0 bridgehead atoms. The first-order chi connectivity index (χ1) is 15.4. The van der Waals surface area contributed by atoms with Crippen LogP contribution in [0.15, 0.2) is 72.8 Å². The molecule has 3 aromatic carbocycles. The Morgan fingerprint density at radius 1 is 0.875 bits per heavy atom. The van der Waals surface area contributed by atoms with Crippen molar-refractivity contribution in [1.82, 2.24) is 4.90 Å². The molecule has 0 aliphatic carbocycles. The standard InChI is InChI=1S/C29H35NO2/c1-6-26(23-13-11-22(12-14-23)21(2)3)29(27-9-7-8-10-28(27)31)24-15-17-25(18-16-24)32-20-19-30(4)5/h7-18,21,31H,6,19-20H2,1-5H3/b29-26+. The van der Waals surface area contributed by atoms with E-state index < -0.39 is 0 Å². The number of nitrogens with zero attached hydrogens (tertiary/aromatic N) is 1. The van der Waals surface area contributed by atoms with Gasteiger partial charge in [0, 0.05) is 12.1 Å². The highest BCUT2D eigenvalue weighted by Crippen LogP contribution is 2.38. The summed E-state index contributed by atoms with van der Waals surface area (Å²) in [4.78, 5) is 2.10. The van der Waals surface area contributed by atoms with Gasteiger partial charge in [-0.05, 0) is 72.5 Å². The van der Waals surface area contributed by atoms with E-state index in [1.807, 2.05) is 44.4 Å². The summed E-state index contributed by atoms with van der Waals surface area (Å²) in [6.45, 7) is 8.11. The highest BCUT2D eigenvalue weighted by molar-refractivity contribution is 5.99. The second-order valence-electron chi connectivity index (χ2n) is 8.68. The molecule has 0 amide bonds.